The van der Waals surface area contributed by atoms with Crippen molar-refractivity contribution in [3.8, 4) is 0 Å². The van der Waals surface area contributed by atoms with Crippen LogP contribution in [0.25, 0.3) is 0 Å². The lowest BCUT2D eigenvalue weighted by Gasteiger charge is -2.07. The van der Waals surface area contributed by atoms with E-state index in [1.807, 2.05) is 18.4 Å². The summed E-state index contributed by atoms with van der Waals surface area (Å²) in [4.78, 5) is 11.6. The fourth-order valence-corrected chi connectivity index (χ4v) is 2.00. The molecular weight excluding hydrogens is 172 g/mol. The summed E-state index contributed by atoms with van der Waals surface area (Å²) in [5, 5.41) is 1.96. The average Bonchev–Trinajstić information content (AvgIpc) is 2.33. The Bertz CT molecular complexity index is 282. The minimum atomic E-state index is -0.352. The lowest BCUT2D eigenvalue weighted by Crippen LogP contribution is -2.20. The first-order valence-corrected chi connectivity index (χ1v) is 4.57. The lowest BCUT2D eigenvalue weighted by atomic mass is 10.1. The Labute approximate surface area is 75.4 Å². The van der Waals surface area contributed by atoms with E-state index in [4.69, 9.17) is 11.5 Å². The van der Waals surface area contributed by atoms with Crippen LogP contribution in [-0.4, -0.2) is 5.91 Å². The smallest absolute Gasteiger partial charge is 0.219 e. The maximum Gasteiger partial charge on any atom is 0.219 e. The summed E-state index contributed by atoms with van der Waals surface area (Å²) >= 11 is 1.57. The van der Waals surface area contributed by atoms with Crippen molar-refractivity contribution in [2.75, 3.05) is 0 Å². The number of aryl methyl sites for hydroxylation is 1. The van der Waals surface area contributed by atoms with Gasteiger partial charge in [-0.1, -0.05) is 0 Å². The highest BCUT2D eigenvalue weighted by Crippen LogP contribution is 2.23. The van der Waals surface area contributed by atoms with Crippen LogP contribution in [0.15, 0.2) is 11.4 Å². The van der Waals surface area contributed by atoms with E-state index in [1.54, 1.807) is 11.3 Å². The molecule has 1 amide bonds. The maximum atomic E-state index is 10.6. The van der Waals surface area contributed by atoms with Gasteiger partial charge in [0.2, 0.25) is 5.91 Å². The number of amides is 1. The first kappa shape index (κ1) is 9.22. The van der Waals surface area contributed by atoms with Gasteiger partial charge >= 0.3 is 0 Å². The fraction of sp³-hybridized carbons (Fsp3) is 0.375. The Balaban J connectivity index is 2.71. The molecule has 1 aromatic heterocycles. The summed E-state index contributed by atoms with van der Waals surface area (Å²) in [6.07, 6.45) is 0.224. The van der Waals surface area contributed by atoms with Crippen molar-refractivity contribution in [3.05, 3.63) is 21.9 Å². The maximum absolute atomic E-state index is 10.6. The van der Waals surface area contributed by atoms with E-state index in [2.05, 4.69) is 0 Å². The third kappa shape index (κ3) is 2.06. The van der Waals surface area contributed by atoms with Crippen molar-refractivity contribution in [1.29, 1.82) is 0 Å². The van der Waals surface area contributed by atoms with Gasteiger partial charge in [-0.2, -0.15) is 0 Å². The van der Waals surface area contributed by atoms with Gasteiger partial charge in [0.25, 0.3) is 0 Å². The molecule has 3 nitrogen and oxygen atoms in total. The largest absolute Gasteiger partial charge is 0.370 e. The molecule has 1 heterocycles. The molecule has 0 aliphatic rings. The summed E-state index contributed by atoms with van der Waals surface area (Å²) in [6.45, 7) is 1.98. The molecule has 0 spiro atoms. The Morgan fingerprint density at radius 1 is 1.75 bits per heavy atom. The van der Waals surface area contributed by atoms with Crippen LogP contribution in [0.4, 0.5) is 0 Å². The van der Waals surface area contributed by atoms with E-state index in [9.17, 15) is 4.79 Å². The second kappa shape index (κ2) is 3.69. The first-order chi connectivity index (χ1) is 5.61. The Hall–Kier alpha value is -0.870. The number of rotatable bonds is 3. The zero-order valence-electron chi connectivity index (χ0n) is 6.91. The summed E-state index contributed by atoms with van der Waals surface area (Å²) < 4.78 is 0. The van der Waals surface area contributed by atoms with E-state index in [-0.39, 0.29) is 18.4 Å². The number of hydrogen-bond donors (Lipinski definition) is 2. The number of hydrogen-bond acceptors (Lipinski definition) is 3. The fourth-order valence-electron chi connectivity index (χ4n) is 1.07. The SMILES string of the molecule is Cc1ccsc1[C@H](N)CC(N)=O. The van der Waals surface area contributed by atoms with Gasteiger partial charge in [-0.25, -0.2) is 0 Å². The summed E-state index contributed by atoms with van der Waals surface area (Å²) in [5.41, 5.74) is 11.9. The molecule has 1 aromatic rings. The zero-order valence-corrected chi connectivity index (χ0v) is 7.73. The standard InChI is InChI=1S/C8H12N2OS/c1-5-2-3-12-8(5)6(9)4-7(10)11/h2-3,6H,4,9H2,1H3,(H2,10,11)/t6-/m1/s1. The van der Waals surface area contributed by atoms with Crippen molar-refractivity contribution in [3.63, 3.8) is 0 Å². The summed E-state index contributed by atoms with van der Waals surface area (Å²) in [6, 6.07) is 1.75. The topological polar surface area (TPSA) is 69.1 Å². The predicted octanol–water partition coefficient (Wildman–Crippen LogP) is 0.932. The highest BCUT2D eigenvalue weighted by atomic mass is 32.1. The van der Waals surface area contributed by atoms with Crippen molar-refractivity contribution in [2.24, 2.45) is 11.5 Å². The van der Waals surface area contributed by atoms with Crippen molar-refractivity contribution < 1.29 is 4.79 Å². The van der Waals surface area contributed by atoms with Crippen LogP contribution in [0.5, 0.6) is 0 Å². The van der Waals surface area contributed by atoms with Gasteiger partial charge in [-0.05, 0) is 23.9 Å². The molecule has 0 aromatic carbocycles. The Morgan fingerprint density at radius 2 is 2.42 bits per heavy atom. The van der Waals surface area contributed by atoms with Crippen LogP contribution >= 0.6 is 11.3 Å². The molecule has 66 valence electrons. The van der Waals surface area contributed by atoms with Crippen LogP contribution < -0.4 is 11.5 Å². The monoisotopic (exact) mass is 184 g/mol. The van der Waals surface area contributed by atoms with Crippen molar-refractivity contribution >= 4 is 17.2 Å². The van der Waals surface area contributed by atoms with Crippen LogP contribution in [0, 0.1) is 6.92 Å². The molecule has 1 atom stereocenters. The van der Waals surface area contributed by atoms with E-state index in [1.165, 1.54) is 0 Å². The van der Waals surface area contributed by atoms with Gasteiger partial charge in [-0.15, -0.1) is 11.3 Å². The average molecular weight is 184 g/mol. The molecule has 0 aliphatic heterocycles. The molecular formula is C8H12N2OS. The molecule has 0 aliphatic carbocycles. The Morgan fingerprint density at radius 3 is 2.83 bits per heavy atom. The van der Waals surface area contributed by atoms with E-state index >= 15 is 0 Å². The van der Waals surface area contributed by atoms with E-state index < -0.39 is 0 Å². The van der Waals surface area contributed by atoms with Crippen molar-refractivity contribution in [1.82, 2.24) is 0 Å². The van der Waals surface area contributed by atoms with E-state index in [0.29, 0.717) is 0 Å². The molecule has 4 N–H and O–H groups in total. The molecule has 0 saturated carbocycles. The highest BCUT2D eigenvalue weighted by Gasteiger charge is 2.12. The predicted molar refractivity (Wildman–Crippen MR) is 49.8 cm³/mol. The number of nitrogens with two attached hydrogens (primary N) is 2. The molecule has 12 heavy (non-hydrogen) atoms. The number of primary amides is 1. The minimum Gasteiger partial charge on any atom is -0.370 e. The van der Waals surface area contributed by atoms with Gasteiger partial charge in [0.1, 0.15) is 0 Å². The number of carbonyl (C=O) groups is 1. The van der Waals surface area contributed by atoms with Gasteiger partial charge in [0.05, 0.1) is 0 Å². The van der Waals surface area contributed by atoms with Crippen LogP contribution in [-0.2, 0) is 4.79 Å². The molecule has 0 saturated heterocycles. The number of thiophene rings is 1. The van der Waals surface area contributed by atoms with Gasteiger partial charge in [-0.3, -0.25) is 4.79 Å². The Kier molecular flexibility index (Phi) is 2.83. The summed E-state index contributed by atoms with van der Waals surface area (Å²) in [5.74, 6) is -0.352. The van der Waals surface area contributed by atoms with Crippen LogP contribution in [0.1, 0.15) is 22.9 Å². The quantitative estimate of drug-likeness (QED) is 0.733. The molecule has 0 radical (unpaired) electrons. The first-order valence-electron chi connectivity index (χ1n) is 3.69. The molecule has 0 unspecified atom stereocenters. The number of carbonyl (C=O) groups excluding carboxylic acids is 1. The van der Waals surface area contributed by atoms with Crippen LogP contribution in [0.2, 0.25) is 0 Å². The highest BCUT2D eigenvalue weighted by molar-refractivity contribution is 7.10. The van der Waals surface area contributed by atoms with Crippen LogP contribution in [0.3, 0.4) is 0 Å². The second-order valence-electron chi connectivity index (χ2n) is 2.74. The molecule has 1 rings (SSSR count). The molecule has 0 bridgehead atoms. The van der Waals surface area contributed by atoms with Gasteiger partial charge in [0.15, 0.2) is 0 Å². The van der Waals surface area contributed by atoms with Crippen molar-refractivity contribution in [2.45, 2.75) is 19.4 Å². The second-order valence-corrected chi connectivity index (χ2v) is 3.69. The third-order valence-corrected chi connectivity index (χ3v) is 2.81. The third-order valence-electron chi connectivity index (χ3n) is 1.66. The minimum absolute atomic E-state index is 0.224. The summed E-state index contributed by atoms with van der Waals surface area (Å²) in [7, 11) is 0. The normalized spacial score (nSPS) is 12.8. The zero-order chi connectivity index (χ0) is 9.14. The van der Waals surface area contributed by atoms with Gasteiger partial charge < -0.3 is 11.5 Å². The van der Waals surface area contributed by atoms with E-state index in [0.717, 1.165) is 10.4 Å². The molecule has 0 fully saturated rings. The van der Waals surface area contributed by atoms with Gasteiger partial charge in [0, 0.05) is 17.3 Å². The lowest BCUT2D eigenvalue weighted by molar-refractivity contribution is -0.118. The molecule has 4 heteroatoms.